The van der Waals surface area contributed by atoms with E-state index in [2.05, 4.69) is 34.1 Å². The predicted molar refractivity (Wildman–Crippen MR) is 122 cm³/mol. The Morgan fingerprint density at radius 1 is 1.17 bits per heavy atom. The van der Waals surface area contributed by atoms with Crippen LogP contribution in [0.5, 0.6) is 0 Å². The summed E-state index contributed by atoms with van der Waals surface area (Å²) in [7, 11) is 1.89. The fourth-order valence-electron chi connectivity index (χ4n) is 5.15. The van der Waals surface area contributed by atoms with Gasteiger partial charge in [-0.25, -0.2) is 0 Å². The van der Waals surface area contributed by atoms with Crippen LogP contribution < -0.4 is 0 Å². The van der Waals surface area contributed by atoms with Crippen molar-refractivity contribution in [3.63, 3.8) is 0 Å². The van der Waals surface area contributed by atoms with Crippen molar-refractivity contribution < 1.29 is 4.79 Å². The van der Waals surface area contributed by atoms with Gasteiger partial charge in [-0.1, -0.05) is 47.5 Å². The molecule has 2 aliphatic rings. The zero-order chi connectivity index (χ0) is 20.8. The number of nitrogens with one attached hydrogen (secondary N) is 1. The van der Waals surface area contributed by atoms with Crippen molar-refractivity contribution >= 4 is 40.0 Å². The van der Waals surface area contributed by atoms with Gasteiger partial charge in [0.25, 0.3) is 0 Å². The number of hydrogen-bond donors (Lipinski definition) is 1. The maximum absolute atomic E-state index is 12.7. The number of rotatable bonds is 5. The average Bonchev–Trinajstić information content (AvgIpc) is 3.24. The molecule has 1 saturated heterocycles. The van der Waals surface area contributed by atoms with Gasteiger partial charge < -0.3 is 9.88 Å². The van der Waals surface area contributed by atoms with E-state index in [9.17, 15) is 4.79 Å². The Hall–Kier alpha value is -2.01. The van der Waals surface area contributed by atoms with Crippen LogP contribution in [-0.2, 0) is 17.6 Å². The third-order valence-corrected chi connectivity index (χ3v) is 7.44. The van der Waals surface area contributed by atoms with Gasteiger partial charge in [0.05, 0.1) is 16.5 Å². The van der Waals surface area contributed by atoms with Crippen molar-refractivity contribution in [1.82, 2.24) is 14.8 Å². The second-order valence-electron chi connectivity index (χ2n) is 8.49. The normalized spacial score (nSPS) is 20.5. The molecule has 2 atom stereocenters. The maximum Gasteiger partial charge on any atom is 0.226 e. The van der Waals surface area contributed by atoms with Gasteiger partial charge in [0.1, 0.15) is 0 Å². The van der Waals surface area contributed by atoms with Crippen molar-refractivity contribution in [3.8, 4) is 0 Å². The number of hydrogen-bond acceptors (Lipinski definition) is 2. The predicted octanol–water partition coefficient (Wildman–Crippen LogP) is 5.24. The second kappa shape index (κ2) is 7.92. The minimum atomic E-state index is 0.102. The number of fused-ring (bicyclic) bond motifs is 6. The van der Waals surface area contributed by atoms with Crippen LogP contribution in [0.2, 0.25) is 10.0 Å². The topological polar surface area (TPSA) is 39.3 Å². The van der Waals surface area contributed by atoms with E-state index in [4.69, 9.17) is 23.2 Å². The second-order valence-corrected chi connectivity index (χ2v) is 9.31. The maximum atomic E-state index is 12.7. The molecule has 1 N–H and O–H groups in total. The average molecular weight is 442 g/mol. The number of nitrogens with zero attached hydrogens (tertiary/aromatic N) is 2. The Bertz CT molecular complexity index is 1110. The molecule has 0 spiro atoms. The molecular weight excluding hydrogens is 417 g/mol. The van der Waals surface area contributed by atoms with Crippen LogP contribution in [0, 0.1) is 0 Å². The summed E-state index contributed by atoms with van der Waals surface area (Å²) in [6.45, 7) is 1.63. The SMILES string of the molecule is CN(CCN1[C@@H]2CC[C@H]1c1c([nH]c3ccccc13)C2)C(=O)Cc1ccc(Cl)c(Cl)c1. The molecule has 1 amide bonds. The molecule has 5 rings (SSSR count). The van der Waals surface area contributed by atoms with Crippen molar-refractivity contribution in [3.05, 3.63) is 69.3 Å². The molecule has 0 saturated carbocycles. The first kappa shape index (κ1) is 19.9. The summed E-state index contributed by atoms with van der Waals surface area (Å²) in [5.41, 5.74) is 5.01. The molecule has 6 heteroatoms. The lowest BCUT2D eigenvalue weighted by Gasteiger charge is -2.36. The lowest BCUT2D eigenvalue weighted by Crippen LogP contribution is -2.43. The highest BCUT2D eigenvalue weighted by molar-refractivity contribution is 6.42. The number of para-hydroxylation sites is 1. The number of halogens is 2. The van der Waals surface area contributed by atoms with Gasteiger partial charge in [-0.3, -0.25) is 9.69 Å². The van der Waals surface area contributed by atoms with Crippen LogP contribution in [-0.4, -0.2) is 46.9 Å². The monoisotopic (exact) mass is 441 g/mol. The van der Waals surface area contributed by atoms with Gasteiger partial charge in [-0.15, -0.1) is 0 Å². The lowest BCUT2D eigenvalue weighted by molar-refractivity contribution is -0.129. The van der Waals surface area contributed by atoms with Crippen molar-refractivity contribution in [1.29, 1.82) is 0 Å². The third-order valence-electron chi connectivity index (χ3n) is 6.70. The number of aromatic amines is 1. The van der Waals surface area contributed by atoms with Crippen LogP contribution in [0.3, 0.4) is 0 Å². The summed E-state index contributed by atoms with van der Waals surface area (Å²) in [6, 6.07) is 15.0. The quantitative estimate of drug-likeness (QED) is 0.587. The zero-order valence-corrected chi connectivity index (χ0v) is 18.5. The zero-order valence-electron chi connectivity index (χ0n) is 17.0. The Kier molecular flexibility index (Phi) is 5.26. The number of carbonyl (C=O) groups is 1. The van der Waals surface area contributed by atoms with Gasteiger partial charge in [0.2, 0.25) is 5.91 Å². The first-order chi connectivity index (χ1) is 14.5. The largest absolute Gasteiger partial charge is 0.358 e. The number of carbonyl (C=O) groups excluding carboxylic acids is 1. The Morgan fingerprint density at radius 3 is 2.83 bits per heavy atom. The number of amides is 1. The standard InChI is InChI=1S/C24H25Cl2N3O/c1-28(23(30)13-15-6-8-18(25)19(26)12-15)10-11-29-16-7-9-22(29)24-17-4-2-3-5-20(17)27-21(24)14-16/h2-6,8,12,16,22,27H,7,9-11,13-14H2,1H3/t16-,22+/m1/s1. The van der Waals surface area contributed by atoms with E-state index in [1.165, 1.54) is 35.0 Å². The number of benzene rings is 2. The summed E-state index contributed by atoms with van der Waals surface area (Å²) in [6.07, 6.45) is 3.83. The first-order valence-corrected chi connectivity index (χ1v) is 11.3. The van der Waals surface area contributed by atoms with Crippen molar-refractivity contribution in [2.45, 2.75) is 37.8 Å². The highest BCUT2D eigenvalue weighted by atomic mass is 35.5. The molecule has 2 aliphatic heterocycles. The van der Waals surface area contributed by atoms with E-state index in [1.807, 2.05) is 18.0 Å². The van der Waals surface area contributed by atoms with Crippen LogP contribution in [0.25, 0.3) is 10.9 Å². The number of aromatic nitrogens is 1. The Labute approximate surface area is 186 Å². The number of H-pyrrole nitrogens is 1. The molecule has 30 heavy (non-hydrogen) atoms. The molecule has 2 bridgehead atoms. The summed E-state index contributed by atoms with van der Waals surface area (Å²) >= 11 is 12.1. The van der Waals surface area contributed by atoms with Crippen molar-refractivity contribution in [2.75, 3.05) is 20.1 Å². The highest BCUT2D eigenvalue weighted by Gasteiger charge is 2.41. The van der Waals surface area contributed by atoms with Crippen LogP contribution in [0.1, 0.15) is 35.7 Å². The molecule has 3 heterocycles. The summed E-state index contributed by atoms with van der Waals surface area (Å²) in [5.74, 6) is 0.102. The Balaban J connectivity index is 1.26. The molecule has 156 valence electrons. The van der Waals surface area contributed by atoms with E-state index in [1.54, 1.807) is 12.1 Å². The smallest absolute Gasteiger partial charge is 0.226 e. The van der Waals surface area contributed by atoms with Crippen molar-refractivity contribution in [2.24, 2.45) is 0 Å². The minimum Gasteiger partial charge on any atom is -0.358 e. The molecule has 1 fully saturated rings. The van der Waals surface area contributed by atoms with E-state index in [-0.39, 0.29) is 5.91 Å². The van der Waals surface area contributed by atoms with Crippen LogP contribution in [0.15, 0.2) is 42.5 Å². The summed E-state index contributed by atoms with van der Waals surface area (Å²) in [5, 5.41) is 2.36. The molecule has 2 aromatic carbocycles. The first-order valence-electron chi connectivity index (χ1n) is 10.5. The minimum absolute atomic E-state index is 0.102. The molecule has 1 aromatic heterocycles. The molecule has 0 radical (unpaired) electrons. The van der Waals surface area contributed by atoms with Gasteiger partial charge >= 0.3 is 0 Å². The van der Waals surface area contributed by atoms with E-state index in [0.717, 1.165) is 25.1 Å². The third kappa shape index (κ3) is 3.51. The fraction of sp³-hybridized carbons (Fsp3) is 0.375. The Morgan fingerprint density at radius 2 is 2.00 bits per heavy atom. The fourth-order valence-corrected chi connectivity index (χ4v) is 5.47. The lowest BCUT2D eigenvalue weighted by atomic mass is 9.97. The van der Waals surface area contributed by atoms with Gasteiger partial charge in [-0.2, -0.15) is 0 Å². The molecule has 0 aliphatic carbocycles. The van der Waals surface area contributed by atoms with Gasteiger partial charge in [0.15, 0.2) is 0 Å². The van der Waals surface area contributed by atoms with Crippen LogP contribution >= 0.6 is 23.2 Å². The summed E-state index contributed by atoms with van der Waals surface area (Å²) < 4.78 is 0. The highest BCUT2D eigenvalue weighted by Crippen LogP contribution is 2.46. The number of likely N-dealkylation sites (N-methyl/N-ethyl adjacent to an activating group) is 1. The summed E-state index contributed by atoms with van der Waals surface area (Å²) in [4.78, 5) is 20.8. The van der Waals surface area contributed by atoms with Gasteiger partial charge in [-0.05, 0) is 42.2 Å². The van der Waals surface area contributed by atoms with E-state index < -0.39 is 0 Å². The van der Waals surface area contributed by atoms with E-state index >= 15 is 0 Å². The molecular formula is C24H25Cl2N3O. The van der Waals surface area contributed by atoms with Crippen LogP contribution in [0.4, 0.5) is 0 Å². The molecule has 3 aromatic rings. The van der Waals surface area contributed by atoms with E-state index in [0.29, 0.717) is 28.5 Å². The van der Waals surface area contributed by atoms with Gasteiger partial charge in [0, 0.05) is 55.2 Å². The molecule has 4 nitrogen and oxygen atoms in total. The molecule has 0 unspecified atom stereocenters.